The average molecular weight is 271 g/mol. The SMILES string of the molecule is CCOc1ccccc1-c1nc(NC)cc(C(C)C)n1. The monoisotopic (exact) mass is 271 g/mol. The lowest BCUT2D eigenvalue weighted by atomic mass is 10.1. The molecule has 1 heterocycles. The topological polar surface area (TPSA) is 47.0 Å². The first kappa shape index (κ1) is 14.3. The van der Waals surface area contributed by atoms with Gasteiger partial charge in [0.15, 0.2) is 5.82 Å². The molecule has 2 aromatic rings. The van der Waals surface area contributed by atoms with Crippen LogP contribution in [0.4, 0.5) is 5.82 Å². The Morgan fingerprint density at radius 2 is 1.95 bits per heavy atom. The van der Waals surface area contributed by atoms with Crippen molar-refractivity contribution in [3.8, 4) is 17.1 Å². The number of aromatic nitrogens is 2. The number of ether oxygens (including phenoxy) is 1. The maximum Gasteiger partial charge on any atom is 0.165 e. The summed E-state index contributed by atoms with van der Waals surface area (Å²) in [6.45, 7) is 6.85. The van der Waals surface area contributed by atoms with E-state index in [0.717, 1.165) is 22.8 Å². The van der Waals surface area contributed by atoms with Crippen molar-refractivity contribution >= 4 is 5.82 Å². The predicted molar refractivity (Wildman–Crippen MR) is 82.3 cm³/mol. The number of para-hydroxylation sites is 1. The van der Waals surface area contributed by atoms with Gasteiger partial charge in [0.05, 0.1) is 12.2 Å². The molecule has 2 rings (SSSR count). The van der Waals surface area contributed by atoms with Gasteiger partial charge in [0.2, 0.25) is 0 Å². The Bertz CT molecular complexity index is 582. The van der Waals surface area contributed by atoms with Crippen LogP contribution in [-0.2, 0) is 0 Å². The Labute approximate surface area is 120 Å². The summed E-state index contributed by atoms with van der Waals surface area (Å²) >= 11 is 0. The summed E-state index contributed by atoms with van der Waals surface area (Å²) in [4.78, 5) is 9.21. The van der Waals surface area contributed by atoms with Gasteiger partial charge in [-0.3, -0.25) is 0 Å². The minimum absolute atomic E-state index is 0.350. The summed E-state index contributed by atoms with van der Waals surface area (Å²) < 4.78 is 5.66. The van der Waals surface area contributed by atoms with Gasteiger partial charge in [-0.15, -0.1) is 0 Å². The average Bonchev–Trinajstić information content (AvgIpc) is 2.47. The quantitative estimate of drug-likeness (QED) is 0.900. The van der Waals surface area contributed by atoms with Gasteiger partial charge in [0.1, 0.15) is 11.6 Å². The zero-order valence-electron chi connectivity index (χ0n) is 12.5. The van der Waals surface area contributed by atoms with Crippen molar-refractivity contribution in [2.75, 3.05) is 19.0 Å². The van der Waals surface area contributed by atoms with Gasteiger partial charge in [-0.05, 0) is 25.0 Å². The highest BCUT2D eigenvalue weighted by Crippen LogP contribution is 2.29. The van der Waals surface area contributed by atoms with Crippen LogP contribution >= 0.6 is 0 Å². The van der Waals surface area contributed by atoms with Crippen LogP contribution in [0, 0.1) is 0 Å². The van der Waals surface area contributed by atoms with E-state index >= 15 is 0 Å². The second kappa shape index (κ2) is 6.37. The van der Waals surface area contributed by atoms with Crippen LogP contribution in [-0.4, -0.2) is 23.6 Å². The van der Waals surface area contributed by atoms with Gasteiger partial charge in [-0.2, -0.15) is 0 Å². The van der Waals surface area contributed by atoms with Crippen LogP contribution in [0.1, 0.15) is 32.4 Å². The second-order valence-corrected chi connectivity index (χ2v) is 4.84. The number of anilines is 1. The number of rotatable bonds is 5. The van der Waals surface area contributed by atoms with Crippen LogP contribution in [0.5, 0.6) is 5.75 Å². The minimum atomic E-state index is 0.350. The lowest BCUT2D eigenvalue weighted by Crippen LogP contribution is -2.03. The van der Waals surface area contributed by atoms with Crippen molar-refractivity contribution in [1.82, 2.24) is 9.97 Å². The highest BCUT2D eigenvalue weighted by molar-refractivity contribution is 5.65. The molecule has 20 heavy (non-hydrogen) atoms. The third-order valence-electron chi connectivity index (χ3n) is 3.02. The molecule has 0 atom stereocenters. The zero-order valence-corrected chi connectivity index (χ0v) is 12.5. The fraction of sp³-hybridized carbons (Fsp3) is 0.375. The lowest BCUT2D eigenvalue weighted by Gasteiger charge is -2.13. The summed E-state index contributed by atoms with van der Waals surface area (Å²) in [6.07, 6.45) is 0. The van der Waals surface area contributed by atoms with E-state index in [0.29, 0.717) is 18.3 Å². The van der Waals surface area contributed by atoms with Gasteiger partial charge in [-0.25, -0.2) is 9.97 Å². The number of hydrogen-bond donors (Lipinski definition) is 1. The van der Waals surface area contributed by atoms with Crippen molar-refractivity contribution in [2.24, 2.45) is 0 Å². The Morgan fingerprint density at radius 3 is 2.60 bits per heavy atom. The second-order valence-electron chi connectivity index (χ2n) is 4.84. The molecule has 0 bridgehead atoms. The number of benzene rings is 1. The molecule has 0 aliphatic carbocycles. The highest BCUT2D eigenvalue weighted by atomic mass is 16.5. The molecule has 106 valence electrons. The molecule has 4 nitrogen and oxygen atoms in total. The van der Waals surface area contributed by atoms with Gasteiger partial charge in [-0.1, -0.05) is 26.0 Å². The van der Waals surface area contributed by atoms with E-state index in [-0.39, 0.29) is 0 Å². The molecule has 0 unspecified atom stereocenters. The molecule has 0 amide bonds. The Balaban J connectivity index is 2.54. The maximum absolute atomic E-state index is 5.66. The molecule has 0 aliphatic heterocycles. The van der Waals surface area contributed by atoms with Crippen molar-refractivity contribution < 1.29 is 4.74 Å². The molecule has 0 aliphatic rings. The molecular weight excluding hydrogens is 250 g/mol. The predicted octanol–water partition coefficient (Wildman–Crippen LogP) is 3.71. The first-order valence-electron chi connectivity index (χ1n) is 6.94. The summed E-state index contributed by atoms with van der Waals surface area (Å²) in [5.41, 5.74) is 1.94. The standard InChI is InChI=1S/C16H21N3O/c1-5-20-14-9-7-6-8-12(14)16-18-13(11(2)3)10-15(17-4)19-16/h6-11H,5H2,1-4H3,(H,17,18,19). The molecule has 4 heteroatoms. The van der Waals surface area contributed by atoms with Crippen LogP contribution in [0.15, 0.2) is 30.3 Å². The van der Waals surface area contributed by atoms with E-state index in [2.05, 4.69) is 29.1 Å². The summed E-state index contributed by atoms with van der Waals surface area (Å²) in [5.74, 6) is 2.69. The smallest absolute Gasteiger partial charge is 0.165 e. The van der Waals surface area contributed by atoms with Crippen LogP contribution in [0.25, 0.3) is 11.4 Å². The molecule has 0 spiro atoms. The molecule has 1 N–H and O–H groups in total. The summed E-state index contributed by atoms with van der Waals surface area (Å²) in [5, 5.41) is 3.09. The van der Waals surface area contributed by atoms with E-state index in [9.17, 15) is 0 Å². The number of nitrogens with zero attached hydrogens (tertiary/aromatic N) is 2. The largest absolute Gasteiger partial charge is 0.493 e. The van der Waals surface area contributed by atoms with Gasteiger partial charge < -0.3 is 10.1 Å². The van der Waals surface area contributed by atoms with Crippen LogP contribution < -0.4 is 10.1 Å². The molecule has 1 aromatic carbocycles. The van der Waals surface area contributed by atoms with E-state index in [4.69, 9.17) is 4.74 Å². The van der Waals surface area contributed by atoms with E-state index in [1.807, 2.05) is 44.3 Å². The van der Waals surface area contributed by atoms with Crippen LogP contribution in [0.3, 0.4) is 0 Å². The maximum atomic E-state index is 5.66. The third kappa shape index (κ3) is 3.07. The fourth-order valence-electron chi connectivity index (χ4n) is 1.94. The normalized spacial score (nSPS) is 10.7. The molecule has 0 saturated heterocycles. The summed E-state index contributed by atoms with van der Waals surface area (Å²) in [7, 11) is 1.87. The molecular formula is C16H21N3O. The fourth-order valence-corrected chi connectivity index (χ4v) is 1.94. The van der Waals surface area contributed by atoms with Gasteiger partial charge in [0, 0.05) is 18.8 Å². The van der Waals surface area contributed by atoms with Crippen molar-refractivity contribution in [1.29, 1.82) is 0 Å². The number of hydrogen-bond acceptors (Lipinski definition) is 4. The molecule has 1 aromatic heterocycles. The van der Waals surface area contributed by atoms with E-state index in [1.165, 1.54) is 0 Å². The van der Waals surface area contributed by atoms with Crippen molar-refractivity contribution in [3.63, 3.8) is 0 Å². The van der Waals surface area contributed by atoms with Crippen molar-refractivity contribution in [3.05, 3.63) is 36.0 Å². The zero-order chi connectivity index (χ0) is 14.5. The lowest BCUT2D eigenvalue weighted by molar-refractivity contribution is 0.341. The first-order chi connectivity index (χ1) is 9.65. The minimum Gasteiger partial charge on any atom is -0.493 e. The third-order valence-corrected chi connectivity index (χ3v) is 3.02. The Hall–Kier alpha value is -2.10. The number of nitrogens with one attached hydrogen (secondary N) is 1. The van der Waals surface area contributed by atoms with Gasteiger partial charge >= 0.3 is 0 Å². The molecule has 0 radical (unpaired) electrons. The van der Waals surface area contributed by atoms with Gasteiger partial charge in [0.25, 0.3) is 0 Å². The van der Waals surface area contributed by atoms with E-state index < -0.39 is 0 Å². The van der Waals surface area contributed by atoms with Crippen LogP contribution in [0.2, 0.25) is 0 Å². The molecule has 0 saturated carbocycles. The molecule has 0 fully saturated rings. The Kier molecular flexibility index (Phi) is 4.56. The summed E-state index contributed by atoms with van der Waals surface area (Å²) in [6, 6.07) is 9.85. The van der Waals surface area contributed by atoms with Crippen molar-refractivity contribution in [2.45, 2.75) is 26.7 Å². The first-order valence-corrected chi connectivity index (χ1v) is 6.94. The van der Waals surface area contributed by atoms with E-state index in [1.54, 1.807) is 0 Å². The Morgan fingerprint density at radius 1 is 1.20 bits per heavy atom. The highest BCUT2D eigenvalue weighted by Gasteiger charge is 2.12.